The van der Waals surface area contributed by atoms with Crippen LogP contribution in [0.5, 0.6) is 0 Å². The first-order valence-electron chi connectivity index (χ1n) is 9.11. The van der Waals surface area contributed by atoms with Crippen molar-refractivity contribution in [3.05, 3.63) is 65.2 Å². The van der Waals surface area contributed by atoms with E-state index in [9.17, 15) is 17.6 Å². The molecular formula is C20H24ClF4N3S. The highest BCUT2D eigenvalue weighted by Gasteiger charge is 2.44. The second kappa shape index (κ2) is 11.4. The summed E-state index contributed by atoms with van der Waals surface area (Å²) in [5.74, 6) is -0.500. The number of fused-ring (bicyclic) bond motifs is 1. The Hall–Kier alpha value is -1.77. The molecule has 29 heavy (non-hydrogen) atoms. The van der Waals surface area contributed by atoms with E-state index in [0.29, 0.717) is 15.7 Å². The van der Waals surface area contributed by atoms with Crippen LogP contribution in [0.3, 0.4) is 0 Å². The fraction of sp³-hybridized carbons (Fsp3) is 0.350. The molecule has 160 valence electrons. The van der Waals surface area contributed by atoms with E-state index in [-0.39, 0.29) is 5.56 Å². The van der Waals surface area contributed by atoms with Crippen molar-refractivity contribution >= 4 is 29.2 Å². The van der Waals surface area contributed by atoms with E-state index in [1.165, 1.54) is 60.2 Å². The Morgan fingerprint density at radius 2 is 1.62 bits per heavy atom. The summed E-state index contributed by atoms with van der Waals surface area (Å²) in [6.45, 7) is 8.00. The summed E-state index contributed by atoms with van der Waals surface area (Å²) in [6, 6.07) is 6.35. The highest BCUT2D eigenvalue weighted by Crippen LogP contribution is 2.42. The van der Waals surface area contributed by atoms with Gasteiger partial charge in [0.05, 0.1) is 6.20 Å². The lowest BCUT2D eigenvalue weighted by Crippen LogP contribution is -2.32. The van der Waals surface area contributed by atoms with E-state index in [1.807, 2.05) is 27.7 Å². The number of nitrogens with zero attached hydrogens (tertiary/aromatic N) is 3. The van der Waals surface area contributed by atoms with Gasteiger partial charge in [0.25, 0.3) is 0 Å². The van der Waals surface area contributed by atoms with Gasteiger partial charge in [-0.2, -0.15) is 13.2 Å². The number of benzene rings is 1. The minimum absolute atomic E-state index is 0.0619. The van der Waals surface area contributed by atoms with Gasteiger partial charge in [-0.1, -0.05) is 51.4 Å². The van der Waals surface area contributed by atoms with Crippen LogP contribution in [0.15, 0.2) is 53.8 Å². The maximum absolute atomic E-state index is 13.6. The van der Waals surface area contributed by atoms with Crippen molar-refractivity contribution in [2.75, 3.05) is 7.05 Å². The van der Waals surface area contributed by atoms with Gasteiger partial charge in [-0.05, 0) is 48.8 Å². The Bertz CT molecular complexity index is 882. The van der Waals surface area contributed by atoms with Crippen molar-refractivity contribution in [1.82, 2.24) is 13.7 Å². The van der Waals surface area contributed by atoms with Crippen LogP contribution in [0.1, 0.15) is 39.3 Å². The lowest BCUT2D eigenvalue weighted by atomic mass is 10.1. The lowest BCUT2D eigenvalue weighted by Gasteiger charge is -2.29. The maximum Gasteiger partial charge on any atom is 0.408 e. The topological polar surface area (TPSA) is 20.5 Å². The minimum Gasteiger partial charge on any atom is -0.291 e. The third-order valence-electron chi connectivity index (χ3n) is 3.53. The van der Waals surface area contributed by atoms with Gasteiger partial charge in [-0.15, -0.1) is 0 Å². The van der Waals surface area contributed by atoms with Gasteiger partial charge in [-0.25, -0.2) is 13.7 Å². The van der Waals surface area contributed by atoms with Crippen LogP contribution in [-0.4, -0.2) is 26.9 Å². The molecule has 0 spiro atoms. The minimum atomic E-state index is -4.50. The summed E-state index contributed by atoms with van der Waals surface area (Å²) in [7, 11) is 1.33. The third-order valence-corrected chi connectivity index (χ3v) is 4.77. The summed E-state index contributed by atoms with van der Waals surface area (Å²) in [4.78, 5) is 4.07. The van der Waals surface area contributed by atoms with Gasteiger partial charge in [0.1, 0.15) is 22.5 Å². The van der Waals surface area contributed by atoms with Gasteiger partial charge in [0, 0.05) is 11.2 Å². The normalized spacial score (nSPS) is 12.1. The Labute approximate surface area is 177 Å². The molecule has 9 heteroatoms. The molecule has 3 rings (SSSR count). The molecule has 0 N–H and O–H groups in total. The van der Waals surface area contributed by atoms with Crippen molar-refractivity contribution in [3.63, 3.8) is 0 Å². The molecule has 0 radical (unpaired) electrons. The molecular weight excluding hydrogens is 426 g/mol. The Morgan fingerprint density at radius 1 is 1.03 bits per heavy atom. The molecule has 0 aliphatic heterocycles. The van der Waals surface area contributed by atoms with E-state index in [0.717, 1.165) is 16.3 Å². The van der Waals surface area contributed by atoms with Crippen LogP contribution >= 0.6 is 23.5 Å². The van der Waals surface area contributed by atoms with Crippen LogP contribution in [0.4, 0.5) is 17.6 Å². The number of halogens is 5. The quantitative estimate of drug-likeness (QED) is 0.305. The van der Waals surface area contributed by atoms with E-state index < -0.39 is 18.0 Å². The summed E-state index contributed by atoms with van der Waals surface area (Å²) >= 11 is 6.59. The van der Waals surface area contributed by atoms with Crippen molar-refractivity contribution in [1.29, 1.82) is 0 Å². The third kappa shape index (κ3) is 6.62. The number of rotatable bonds is 4. The lowest BCUT2D eigenvalue weighted by molar-refractivity contribution is -0.169. The number of pyridine rings is 1. The monoisotopic (exact) mass is 449 g/mol. The van der Waals surface area contributed by atoms with Crippen molar-refractivity contribution < 1.29 is 17.6 Å². The molecule has 0 aliphatic rings. The van der Waals surface area contributed by atoms with E-state index in [4.69, 9.17) is 11.6 Å². The molecule has 1 unspecified atom stereocenters. The largest absolute Gasteiger partial charge is 0.408 e. The Morgan fingerprint density at radius 3 is 2.17 bits per heavy atom. The molecule has 3 aromatic rings. The predicted molar refractivity (Wildman–Crippen MR) is 112 cm³/mol. The maximum atomic E-state index is 13.6. The van der Waals surface area contributed by atoms with Gasteiger partial charge in [0.2, 0.25) is 0 Å². The van der Waals surface area contributed by atoms with Crippen molar-refractivity contribution in [2.45, 2.75) is 44.9 Å². The average molecular weight is 450 g/mol. The smallest absolute Gasteiger partial charge is 0.291 e. The van der Waals surface area contributed by atoms with Crippen LogP contribution in [0, 0.1) is 5.82 Å². The molecule has 2 heterocycles. The summed E-state index contributed by atoms with van der Waals surface area (Å²) < 4.78 is 56.7. The second-order valence-corrected chi connectivity index (χ2v) is 6.92. The zero-order chi connectivity index (χ0) is 22.2. The molecule has 0 amide bonds. The molecule has 0 saturated carbocycles. The molecule has 0 aliphatic carbocycles. The number of aromatic nitrogens is 2. The summed E-state index contributed by atoms with van der Waals surface area (Å²) in [5, 5.41) is 0.734. The van der Waals surface area contributed by atoms with Crippen molar-refractivity contribution in [2.24, 2.45) is 0 Å². The SMILES string of the molecule is CC.CC.CN(Sc1cnc2ccc(F)cn12)C(c1ccc(Cl)cc1)C(F)(F)F. The fourth-order valence-electron chi connectivity index (χ4n) is 2.45. The first-order valence-corrected chi connectivity index (χ1v) is 10.3. The standard InChI is InChI=1S/C16H12ClF4N3S.2C2H6/c1-23(15(16(19,20)21)10-2-4-11(17)5-3-10)25-14-8-22-13-7-6-12(18)9-24(13)14;2*1-2/h2-9,15H,1H3;2*1-2H3. The zero-order valence-corrected chi connectivity index (χ0v) is 18.4. The molecule has 3 nitrogen and oxygen atoms in total. The number of imidazole rings is 1. The molecule has 1 atom stereocenters. The molecule has 2 aromatic heterocycles. The van der Waals surface area contributed by atoms with Gasteiger partial charge >= 0.3 is 6.18 Å². The average Bonchev–Trinajstić information content (AvgIpc) is 3.07. The molecule has 0 bridgehead atoms. The Kier molecular flexibility index (Phi) is 9.95. The Balaban J connectivity index is 0.000000989. The van der Waals surface area contributed by atoms with E-state index >= 15 is 0 Å². The van der Waals surface area contributed by atoms with Gasteiger partial charge in [-0.3, -0.25) is 4.40 Å². The summed E-state index contributed by atoms with van der Waals surface area (Å²) in [5.41, 5.74) is 0.513. The second-order valence-electron chi connectivity index (χ2n) is 5.31. The van der Waals surface area contributed by atoms with Crippen LogP contribution < -0.4 is 0 Å². The van der Waals surface area contributed by atoms with Gasteiger partial charge < -0.3 is 0 Å². The molecule has 1 aromatic carbocycles. The molecule has 0 fully saturated rings. The fourth-order valence-corrected chi connectivity index (χ4v) is 3.55. The first-order chi connectivity index (χ1) is 13.8. The highest BCUT2D eigenvalue weighted by atomic mass is 35.5. The first kappa shape index (κ1) is 25.3. The summed E-state index contributed by atoms with van der Waals surface area (Å²) in [6.07, 6.45) is -1.91. The molecule has 0 saturated heterocycles. The number of hydrogen-bond donors (Lipinski definition) is 0. The van der Waals surface area contributed by atoms with E-state index in [1.54, 1.807) is 0 Å². The van der Waals surface area contributed by atoms with Crippen molar-refractivity contribution in [3.8, 4) is 0 Å². The predicted octanol–water partition coefficient (Wildman–Crippen LogP) is 7.42. The highest BCUT2D eigenvalue weighted by molar-refractivity contribution is 7.97. The number of hydrogen-bond acceptors (Lipinski definition) is 3. The van der Waals surface area contributed by atoms with Crippen LogP contribution in [0.2, 0.25) is 5.02 Å². The zero-order valence-electron chi connectivity index (χ0n) is 16.8. The van der Waals surface area contributed by atoms with Crippen LogP contribution in [-0.2, 0) is 0 Å². The van der Waals surface area contributed by atoms with E-state index in [2.05, 4.69) is 4.98 Å². The van der Waals surface area contributed by atoms with Gasteiger partial charge in [0.15, 0.2) is 0 Å². The number of alkyl halides is 3. The van der Waals surface area contributed by atoms with Crippen LogP contribution in [0.25, 0.3) is 5.65 Å².